The van der Waals surface area contributed by atoms with Gasteiger partial charge in [0, 0.05) is 32.9 Å². The van der Waals surface area contributed by atoms with Crippen molar-refractivity contribution in [1.82, 2.24) is 16.1 Å². The Kier molecular flexibility index (Phi) is 12.5. The van der Waals surface area contributed by atoms with E-state index in [0.29, 0.717) is 42.7 Å². The van der Waals surface area contributed by atoms with E-state index in [4.69, 9.17) is 42.1 Å². The molecule has 4 N–H and O–H groups in total. The van der Waals surface area contributed by atoms with Gasteiger partial charge in [0.25, 0.3) is 0 Å². The van der Waals surface area contributed by atoms with Crippen molar-refractivity contribution in [1.29, 1.82) is 0 Å². The molecule has 48 heavy (non-hydrogen) atoms. The Hall–Kier alpha value is -4.57. The van der Waals surface area contributed by atoms with Crippen LogP contribution in [0.15, 0.2) is 69.4 Å². The van der Waals surface area contributed by atoms with Crippen molar-refractivity contribution < 1.29 is 38.6 Å². The molecule has 0 aromatic heterocycles. The number of hydrazone groups is 1. The summed E-state index contributed by atoms with van der Waals surface area (Å²) in [7, 11) is 1.25. The van der Waals surface area contributed by atoms with Crippen LogP contribution in [0.3, 0.4) is 0 Å². The lowest BCUT2D eigenvalue weighted by molar-refractivity contribution is -0.386. The average Bonchev–Trinajstić information content (AvgIpc) is 3.03. The largest absolute Gasteiger partial charge is 0.490 e. The number of hydrogen-bond acceptors (Lipinski definition) is 11. The fourth-order valence-corrected chi connectivity index (χ4v) is 5.61. The van der Waals surface area contributed by atoms with Crippen molar-refractivity contribution in [3.05, 3.63) is 101 Å². The van der Waals surface area contributed by atoms with Crippen molar-refractivity contribution in [3.8, 4) is 17.2 Å². The van der Waals surface area contributed by atoms with E-state index in [2.05, 4.69) is 37.1 Å². The number of carbonyl (C=O) groups is 2. The van der Waals surface area contributed by atoms with Gasteiger partial charge in [-0.15, -0.1) is 0 Å². The van der Waals surface area contributed by atoms with Gasteiger partial charge in [-0.3, -0.25) is 15.5 Å². The fourth-order valence-electron chi connectivity index (χ4n) is 4.56. The van der Waals surface area contributed by atoms with Gasteiger partial charge < -0.3 is 34.7 Å². The third-order valence-electron chi connectivity index (χ3n) is 6.74. The maximum absolute atomic E-state index is 12.5. The Balaban J connectivity index is 1.41. The third-order valence-corrected chi connectivity index (χ3v) is 7.92. The first-order valence-corrected chi connectivity index (χ1v) is 15.7. The van der Waals surface area contributed by atoms with Crippen molar-refractivity contribution in [3.63, 3.8) is 0 Å². The number of carbonyl (C=O) groups excluding carboxylic acids is 2. The minimum absolute atomic E-state index is 0.00380. The number of urea groups is 1. The van der Waals surface area contributed by atoms with Gasteiger partial charge in [-0.2, -0.15) is 5.10 Å². The van der Waals surface area contributed by atoms with E-state index >= 15 is 0 Å². The lowest BCUT2D eigenvalue weighted by Crippen LogP contribution is -2.45. The SMILES string of the molecule is CCOc1cc([C@@H]2NC(=O)NC(C)=C2C(=O)OC)ccc1OC[C@H](O)N/N=C/c1cc(Br)c(OCc2ccc(Cl)cc2Cl)c([N+](=O)[O-])c1. The molecule has 0 unspecified atom stereocenters. The molecular weight excluding hydrogens is 737 g/mol. The predicted octanol–water partition coefficient (Wildman–Crippen LogP) is 5.76. The molecule has 0 saturated heterocycles. The number of amides is 2. The van der Waals surface area contributed by atoms with Gasteiger partial charge in [0.15, 0.2) is 17.7 Å². The van der Waals surface area contributed by atoms with Crippen LogP contribution in [0, 0.1) is 10.1 Å². The fraction of sp³-hybridized carbons (Fsp3) is 0.258. The highest BCUT2D eigenvalue weighted by atomic mass is 79.9. The van der Waals surface area contributed by atoms with E-state index < -0.39 is 29.2 Å². The molecule has 254 valence electrons. The Morgan fingerprint density at radius 3 is 2.62 bits per heavy atom. The number of halogens is 3. The topological polar surface area (TPSA) is 183 Å². The van der Waals surface area contributed by atoms with Gasteiger partial charge >= 0.3 is 17.7 Å². The smallest absolute Gasteiger partial charge is 0.337 e. The zero-order valence-electron chi connectivity index (χ0n) is 25.7. The second-order valence-electron chi connectivity index (χ2n) is 10.0. The summed E-state index contributed by atoms with van der Waals surface area (Å²) >= 11 is 15.4. The number of nitrogens with zero attached hydrogens (tertiary/aromatic N) is 2. The number of nitro groups is 1. The Morgan fingerprint density at radius 2 is 1.94 bits per heavy atom. The molecule has 3 aromatic carbocycles. The Bertz CT molecular complexity index is 1770. The summed E-state index contributed by atoms with van der Waals surface area (Å²) in [6, 6.07) is 11.2. The van der Waals surface area contributed by atoms with E-state index in [1.54, 1.807) is 56.3 Å². The first-order chi connectivity index (χ1) is 22.9. The molecule has 0 bridgehead atoms. The summed E-state index contributed by atoms with van der Waals surface area (Å²) in [5.41, 5.74) is 4.22. The van der Waals surface area contributed by atoms with Crippen LogP contribution in [-0.4, -0.2) is 54.8 Å². The molecular formula is C31H30BrCl2N5O9. The maximum Gasteiger partial charge on any atom is 0.337 e. The molecule has 2 atom stereocenters. The minimum Gasteiger partial charge on any atom is -0.490 e. The van der Waals surface area contributed by atoms with Gasteiger partial charge in [-0.05, 0) is 65.7 Å². The molecule has 0 saturated carbocycles. The number of hydrogen-bond donors (Lipinski definition) is 4. The van der Waals surface area contributed by atoms with E-state index in [-0.39, 0.29) is 42.6 Å². The van der Waals surface area contributed by atoms with Crippen LogP contribution in [0.1, 0.15) is 36.6 Å². The minimum atomic E-state index is -1.29. The molecule has 1 heterocycles. The van der Waals surface area contributed by atoms with Crippen molar-refractivity contribution >= 4 is 63.0 Å². The second-order valence-corrected chi connectivity index (χ2v) is 11.7. The number of rotatable bonds is 14. The van der Waals surface area contributed by atoms with E-state index in [9.17, 15) is 24.8 Å². The van der Waals surface area contributed by atoms with Crippen LogP contribution < -0.4 is 30.3 Å². The maximum atomic E-state index is 12.5. The second kappa shape index (κ2) is 16.5. The van der Waals surface area contributed by atoms with E-state index in [0.717, 1.165) is 0 Å². The van der Waals surface area contributed by atoms with Crippen molar-refractivity contribution in [2.45, 2.75) is 32.7 Å². The van der Waals surface area contributed by atoms with Crippen LogP contribution in [0.25, 0.3) is 0 Å². The number of benzene rings is 3. The van der Waals surface area contributed by atoms with Gasteiger partial charge in [-0.1, -0.05) is 35.3 Å². The third kappa shape index (κ3) is 9.07. The number of methoxy groups -OCH3 is 1. The van der Waals surface area contributed by atoms with Crippen LogP contribution in [0.5, 0.6) is 17.2 Å². The number of esters is 1. The van der Waals surface area contributed by atoms with Crippen LogP contribution in [0.2, 0.25) is 10.0 Å². The van der Waals surface area contributed by atoms with Gasteiger partial charge in [0.2, 0.25) is 5.75 Å². The molecule has 1 aliphatic rings. The molecule has 0 radical (unpaired) electrons. The molecule has 2 amide bonds. The molecule has 1 aliphatic heterocycles. The van der Waals surface area contributed by atoms with Crippen LogP contribution in [-0.2, 0) is 16.1 Å². The average molecular weight is 767 g/mol. The number of aliphatic hydroxyl groups is 1. The zero-order valence-corrected chi connectivity index (χ0v) is 28.8. The summed E-state index contributed by atoms with van der Waals surface area (Å²) in [6.45, 7) is 3.35. The number of ether oxygens (including phenoxy) is 4. The molecule has 17 heteroatoms. The number of nitrogens with one attached hydrogen (secondary N) is 3. The first kappa shape index (κ1) is 36.3. The van der Waals surface area contributed by atoms with Gasteiger partial charge in [0.05, 0.1) is 40.9 Å². The lowest BCUT2D eigenvalue weighted by atomic mass is 9.95. The van der Waals surface area contributed by atoms with Crippen molar-refractivity contribution in [2.75, 3.05) is 20.3 Å². The monoisotopic (exact) mass is 765 g/mol. The Labute approximate surface area is 293 Å². The highest BCUT2D eigenvalue weighted by Gasteiger charge is 2.32. The summed E-state index contributed by atoms with van der Waals surface area (Å²) in [6.07, 6.45) is -0.0102. The van der Waals surface area contributed by atoms with Crippen molar-refractivity contribution in [2.24, 2.45) is 5.10 Å². The molecule has 4 rings (SSSR count). The molecule has 14 nitrogen and oxygen atoms in total. The zero-order chi connectivity index (χ0) is 35.0. The number of aliphatic hydroxyl groups excluding tert-OH is 1. The van der Waals surface area contributed by atoms with Crippen LogP contribution in [0.4, 0.5) is 10.5 Å². The summed E-state index contributed by atoms with van der Waals surface area (Å²) < 4.78 is 22.4. The van der Waals surface area contributed by atoms with Gasteiger partial charge in [-0.25, -0.2) is 9.59 Å². The van der Waals surface area contributed by atoms with Crippen LogP contribution >= 0.6 is 39.1 Å². The van der Waals surface area contributed by atoms with Gasteiger partial charge in [0.1, 0.15) is 13.2 Å². The highest BCUT2D eigenvalue weighted by Crippen LogP contribution is 2.38. The number of nitro benzene ring substituents is 1. The van der Waals surface area contributed by atoms with E-state index in [1.165, 1.54) is 19.4 Å². The lowest BCUT2D eigenvalue weighted by Gasteiger charge is -2.28. The molecule has 0 aliphatic carbocycles. The first-order valence-electron chi connectivity index (χ1n) is 14.2. The summed E-state index contributed by atoms with van der Waals surface area (Å²) in [4.78, 5) is 35.8. The highest BCUT2D eigenvalue weighted by molar-refractivity contribution is 9.10. The summed E-state index contributed by atoms with van der Waals surface area (Å²) in [5, 5.41) is 32.3. The normalized spacial score (nSPS) is 15.0. The standard InChI is InChI=1S/C31H30BrCl2N5O9/c1-4-46-25-11-18(28-27(30(41)45-3)16(2)36-31(42)37-28)6-8-24(25)47-15-26(40)38-35-13-17-9-21(32)29(23(10-17)39(43)44)48-14-19-5-7-20(33)12-22(19)34/h5-13,26,28,38,40H,4,14-15H2,1-3H3,(H2,36,37,42)/b35-13+/t26-,28-/m0/s1. The Morgan fingerprint density at radius 1 is 1.17 bits per heavy atom. The van der Waals surface area contributed by atoms with E-state index in [1.807, 2.05) is 0 Å². The molecule has 0 fully saturated rings. The number of allylic oxidation sites excluding steroid dienone is 1. The summed E-state index contributed by atoms with van der Waals surface area (Å²) in [5.74, 6) is -0.0288. The molecule has 3 aromatic rings. The molecule has 0 spiro atoms. The predicted molar refractivity (Wildman–Crippen MR) is 181 cm³/mol. The quantitative estimate of drug-likeness (QED) is 0.0517.